The molecule has 0 saturated heterocycles. The number of benzene rings is 2. The normalized spacial score (nSPS) is 13.2. The van der Waals surface area contributed by atoms with Crippen molar-refractivity contribution in [2.24, 2.45) is 5.92 Å². The summed E-state index contributed by atoms with van der Waals surface area (Å²) in [6.07, 6.45) is 2.58. The number of hydrogen-bond acceptors (Lipinski definition) is 4. The molecule has 0 atom stereocenters. The molecule has 0 heterocycles. The molecule has 1 amide bonds. The summed E-state index contributed by atoms with van der Waals surface area (Å²) in [5.41, 5.74) is 3.64. The molecule has 5 heteroatoms. The molecule has 1 aliphatic carbocycles. The average Bonchev–Trinajstić information content (AvgIpc) is 3.47. The van der Waals surface area contributed by atoms with Crippen molar-refractivity contribution >= 4 is 23.4 Å². The van der Waals surface area contributed by atoms with Gasteiger partial charge < -0.3 is 10.1 Å². The van der Waals surface area contributed by atoms with E-state index in [9.17, 15) is 4.79 Å². The van der Waals surface area contributed by atoms with Crippen LogP contribution in [0.3, 0.4) is 0 Å². The first-order valence-corrected chi connectivity index (χ1v) is 9.92. The number of rotatable bonds is 9. The second-order valence-corrected chi connectivity index (χ2v) is 7.49. The Morgan fingerprint density at radius 1 is 1.19 bits per heavy atom. The van der Waals surface area contributed by atoms with E-state index < -0.39 is 0 Å². The number of nitrogens with one attached hydrogen (secondary N) is 1. The van der Waals surface area contributed by atoms with Gasteiger partial charge in [0.1, 0.15) is 0 Å². The fraction of sp³-hybridized carbons (Fsp3) is 0.333. The van der Waals surface area contributed by atoms with Gasteiger partial charge in [-0.2, -0.15) is 5.26 Å². The number of thioether (sulfide) groups is 1. The molecule has 1 fully saturated rings. The summed E-state index contributed by atoms with van der Waals surface area (Å²) < 4.78 is 5.70. The largest absolute Gasteiger partial charge is 0.376 e. The molecular weight excluding hydrogens is 344 g/mol. The van der Waals surface area contributed by atoms with Crippen LogP contribution in [-0.4, -0.2) is 18.3 Å². The third-order valence-corrected chi connectivity index (χ3v) is 5.12. The predicted molar refractivity (Wildman–Crippen MR) is 105 cm³/mol. The van der Waals surface area contributed by atoms with E-state index >= 15 is 0 Å². The van der Waals surface area contributed by atoms with Gasteiger partial charge in [0.2, 0.25) is 5.91 Å². The van der Waals surface area contributed by atoms with Gasteiger partial charge in [-0.3, -0.25) is 4.79 Å². The zero-order chi connectivity index (χ0) is 18.2. The predicted octanol–water partition coefficient (Wildman–Crippen LogP) is 4.36. The summed E-state index contributed by atoms with van der Waals surface area (Å²) >= 11 is 1.56. The molecule has 2 aromatic rings. The lowest BCUT2D eigenvalue weighted by molar-refractivity contribution is -0.113. The van der Waals surface area contributed by atoms with Crippen molar-refractivity contribution in [2.75, 3.05) is 17.7 Å². The quantitative estimate of drug-likeness (QED) is 0.716. The van der Waals surface area contributed by atoms with Gasteiger partial charge in [0.25, 0.3) is 0 Å². The van der Waals surface area contributed by atoms with Crippen molar-refractivity contribution in [1.29, 1.82) is 5.26 Å². The van der Waals surface area contributed by atoms with Crippen LogP contribution >= 0.6 is 11.8 Å². The van der Waals surface area contributed by atoms with Crippen LogP contribution in [0.2, 0.25) is 0 Å². The first-order valence-electron chi connectivity index (χ1n) is 8.76. The van der Waals surface area contributed by atoms with Gasteiger partial charge in [0.15, 0.2) is 0 Å². The molecule has 134 valence electrons. The Labute approximate surface area is 158 Å². The van der Waals surface area contributed by atoms with Crippen molar-refractivity contribution in [2.45, 2.75) is 25.2 Å². The molecule has 1 aliphatic rings. The Bertz CT molecular complexity index is 779. The number of ether oxygens (including phenoxy) is 1. The van der Waals surface area contributed by atoms with Crippen molar-refractivity contribution in [1.82, 2.24) is 0 Å². The molecular formula is C21H22N2O2S. The fourth-order valence-corrected chi connectivity index (χ4v) is 3.29. The third kappa shape index (κ3) is 6.21. The van der Waals surface area contributed by atoms with Gasteiger partial charge in [-0.15, -0.1) is 11.8 Å². The maximum absolute atomic E-state index is 12.1. The number of hydrogen-bond donors (Lipinski definition) is 1. The van der Waals surface area contributed by atoms with Crippen molar-refractivity contribution < 1.29 is 9.53 Å². The van der Waals surface area contributed by atoms with Gasteiger partial charge in [0.05, 0.1) is 24.0 Å². The number of nitrogens with zero attached hydrogens (tertiary/aromatic N) is 1. The number of carbonyl (C=O) groups excluding carboxylic acids is 1. The Kier molecular flexibility index (Phi) is 6.70. The second kappa shape index (κ2) is 9.42. The van der Waals surface area contributed by atoms with E-state index in [1.807, 2.05) is 36.4 Å². The summed E-state index contributed by atoms with van der Waals surface area (Å²) in [5.74, 6) is 1.88. The highest BCUT2D eigenvalue weighted by atomic mass is 32.2. The van der Waals surface area contributed by atoms with E-state index in [-0.39, 0.29) is 5.91 Å². The molecule has 0 spiro atoms. The smallest absolute Gasteiger partial charge is 0.234 e. The van der Waals surface area contributed by atoms with Crippen LogP contribution < -0.4 is 5.32 Å². The lowest BCUT2D eigenvalue weighted by Crippen LogP contribution is -2.14. The molecule has 0 aromatic heterocycles. The topological polar surface area (TPSA) is 62.1 Å². The van der Waals surface area contributed by atoms with Gasteiger partial charge in [-0.05, 0) is 54.2 Å². The number of carbonyl (C=O) groups is 1. The second-order valence-electron chi connectivity index (χ2n) is 6.51. The SMILES string of the molecule is N#Cc1ccc(CSCC(=O)Nc2cccc(COCC3CC3)c2)cc1. The molecule has 0 radical (unpaired) electrons. The zero-order valence-corrected chi connectivity index (χ0v) is 15.4. The van der Waals surface area contributed by atoms with Gasteiger partial charge in [-0.1, -0.05) is 24.3 Å². The summed E-state index contributed by atoms with van der Waals surface area (Å²) in [5, 5.41) is 11.7. The monoisotopic (exact) mass is 366 g/mol. The average molecular weight is 366 g/mol. The minimum absolute atomic E-state index is 0.0142. The van der Waals surface area contributed by atoms with Crippen LogP contribution in [0.1, 0.15) is 29.5 Å². The highest BCUT2D eigenvalue weighted by Gasteiger charge is 2.21. The maximum atomic E-state index is 12.1. The van der Waals surface area contributed by atoms with Crippen LogP contribution in [0, 0.1) is 17.2 Å². The highest BCUT2D eigenvalue weighted by molar-refractivity contribution is 7.99. The molecule has 1 N–H and O–H groups in total. The molecule has 0 unspecified atom stereocenters. The summed E-state index contributed by atoms with van der Waals surface area (Å²) in [6, 6.07) is 17.4. The van der Waals surface area contributed by atoms with E-state index in [2.05, 4.69) is 11.4 Å². The van der Waals surface area contributed by atoms with Crippen molar-refractivity contribution in [3.05, 3.63) is 65.2 Å². The Morgan fingerprint density at radius 3 is 2.73 bits per heavy atom. The standard InChI is InChI=1S/C21H22N2O2S/c22-11-16-4-8-18(9-5-16)14-26-15-21(24)23-20-3-1-2-19(10-20)13-25-12-17-6-7-17/h1-5,8-10,17H,6-7,12-15H2,(H,23,24). The van der Waals surface area contributed by atoms with E-state index in [4.69, 9.17) is 10.00 Å². The third-order valence-electron chi connectivity index (χ3n) is 4.11. The minimum atomic E-state index is -0.0142. The first-order chi connectivity index (χ1) is 12.7. The van der Waals surface area contributed by atoms with Crippen LogP contribution in [0.5, 0.6) is 0 Å². The number of nitriles is 1. The van der Waals surface area contributed by atoms with Crippen LogP contribution in [-0.2, 0) is 21.9 Å². The van der Waals surface area contributed by atoms with Gasteiger partial charge in [-0.25, -0.2) is 0 Å². The lowest BCUT2D eigenvalue weighted by atomic mass is 10.2. The zero-order valence-electron chi connectivity index (χ0n) is 14.6. The van der Waals surface area contributed by atoms with E-state index in [1.54, 1.807) is 23.9 Å². The maximum Gasteiger partial charge on any atom is 0.234 e. The highest BCUT2D eigenvalue weighted by Crippen LogP contribution is 2.29. The Hall–Kier alpha value is -2.29. The molecule has 3 rings (SSSR count). The summed E-state index contributed by atoms with van der Waals surface area (Å²) in [6.45, 7) is 1.43. The van der Waals surface area contributed by atoms with Gasteiger partial charge >= 0.3 is 0 Å². The molecule has 4 nitrogen and oxygen atoms in total. The van der Waals surface area contributed by atoms with E-state index in [0.717, 1.165) is 35.1 Å². The fourth-order valence-electron chi connectivity index (χ4n) is 2.50. The molecule has 2 aromatic carbocycles. The van der Waals surface area contributed by atoms with Crippen LogP contribution in [0.4, 0.5) is 5.69 Å². The van der Waals surface area contributed by atoms with E-state index in [1.165, 1.54) is 12.8 Å². The Morgan fingerprint density at radius 2 is 2.00 bits per heavy atom. The molecule has 1 saturated carbocycles. The van der Waals surface area contributed by atoms with Gasteiger partial charge in [0, 0.05) is 18.0 Å². The van der Waals surface area contributed by atoms with E-state index in [0.29, 0.717) is 17.9 Å². The summed E-state index contributed by atoms with van der Waals surface area (Å²) in [7, 11) is 0. The number of anilines is 1. The molecule has 0 aliphatic heterocycles. The molecule has 0 bridgehead atoms. The van der Waals surface area contributed by atoms with Crippen molar-refractivity contribution in [3.8, 4) is 6.07 Å². The lowest BCUT2D eigenvalue weighted by Gasteiger charge is -2.08. The minimum Gasteiger partial charge on any atom is -0.376 e. The van der Waals surface area contributed by atoms with Crippen LogP contribution in [0.15, 0.2) is 48.5 Å². The Balaban J connectivity index is 1.40. The van der Waals surface area contributed by atoms with Crippen molar-refractivity contribution in [3.63, 3.8) is 0 Å². The summed E-state index contributed by atoms with van der Waals surface area (Å²) in [4.78, 5) is 12.1. The van der Waals surface area contributed by atoms with Crippen LogP contribution in [0.25, 0.3) is 0 Å². The number of amides is 1. The first kappa shape index (κ1) is 18.5. The molecule has 26 heavy (non-hydrogen) atoms.